The van der Waals surface area contributed by atoms with Crippen LogP contribution in [0.2, 0.25) is 0 Å². The van der Waals surface area contributed by atoms with E-state index in [1.54, 1.807) is 0 Å². The number of fused-ring (bicyclic) bond motifs is 1. The van der Waals surface area contributed by atoms with Gasteiger partial charge in [0.1, 0.15) is 5.75 Å². The average Bonchev–Trinajstić information content (AvgIpc) is 2.69. The molecule has 0 aromatic heterocycles. The van der Waals surface area contributed by atoms with Crippen molar-refractivity contribution in [1.29, 1.82) is 0 Å². The summed E-state index contributed by atoms with van der Waals surface area (Å²) in [5.41, 5.74) is 1.65. The summed E-state index contributed by atoms with van der Waals surface area (Å²) in [6.07, 6.45) is 6.04. The molecule has 0 bridgehead atoms. The number of ether oxygens (including phenoxy) is 2. The molecule has 1 N–H and O–H groups in total. The predicted molar refractivity (Wildman–Crippen MR) is 119 cm³/mol. The molecule has 2 atom stereocenters. The lowest BCUT2D eigenvalue weighted by atomic mass is 9.76. The largest absolute Gasteiger partial charge is 0.493 e. The number of nitrogens with one attached hydrogen (secondary N) is 1. The predicted octanol–water partition coefficient (Wildman–Crippen LogP) is 3.64. The number of aliphatic imine (C=N–C) groups is 1. The minimum atomic E-state index is 0. The van der Waals surface area contributed by atoms with Gasteiger partial charge >= 0.3 is 0 Å². The Labute approximate surface area is 179 Å². The van der Waals surface area contributed by atoms with Crippen LogP contribution in [0, 0.1) is 5.41 Å². The molecule has 5 nitrogen and oxygen atoms in total. The zero-order valence-corrected chi connectivity index (χ0v) is 18.6. The number of piperidine rings is 1. The normalized spacial score (nSPS) is 28.1. The summed E-state index contributed by atoms with van der Waals surface area (Å²) in [4.78, 5) is 7.04. The molecule has 0 amide bonds. The molecule has 3 aliphatic heterocycles. The first-order chi connectivity index (χ1) is 12.8. The van der Waals surface area contributed by atoms with Gasteiger partial charge in [0, 0.05) is 44.6 Å². The Morgan fingerprint density at radius 1 is 1.26 bits per heavy atom. The Morgan fingerprint density at radius 2 is 2.11 bits per heavy atom. The number of para-hydroxylation sites is 1. The highest BCUT2D eigenvalue weighted by Gasteiger charge is 2.38. The topological polar surface area (TPSA) is 46.1 Å². The Morgan fingerprint density at radius 3 is 2.93 bits per heavy atom. The molecule has 2 unspecified atom stereocenters. The van der Waals surface area contributed by atoms with Crippen LogP contribution in [0.4, 0.5) is 0 Å². The lowest BCUT2D eigenvalue weighted by molar-refractivity contribution is -0.0370. The van der Waals surface area contributed by atoms with Crippen LogP contribution in [0.15, 0.2) is 29.3 Å². The minimum Gasteiger partial charge on any atom is -0.493 e. The molecule has 0 radical (unpaired) electrons. The quantitative estimate of drug-likeness (QED) is 0.395. The van der Waals surface area contributed by atoms with Crippen LogP contribution in [-0.2, 0) is 4.74 Å². The second kappa shape index (κ2) is 9.45. The summed E-state index contributed by atoms with van der Waals surface area (Å²) >= 11 is 0. The van der Waals surface area contributed by atoms with Crippen molar-refractivity contribution in [3.05, 3.63) is 29.8 Å². The van der Waals surface area contributed by atoms with E-state index < -0.39 is 0 Å². The van der Waals surface area contributed by atoms with E-state index in [9.17, 15) is 0 Å². The van der Waals surface area contributed by atoms with E-state index in [2.05, 4.69) is 33.4 Å². The first-order valence-corrected chi connectivity index (χ1v) is 10.0. The lowest BCUT2D eigenvalue weighted by Gasteiger charge is -2.46. The molecule has 27 heavy (non-hydrogen) atoms. The van der Waals surface area contributed by atoms with Gasteiger partial charge in [0.05, 0.1) is 13.2 Å². The van der Waals surface area contributed by atoms with Crippen molar-refractivity contribution in [2.24, 2.45) is 10.4 Å². The van der Waals surface area contributed by atoms with Crippen LogP contribution >= 0.6 is 24.0 Å². The van der Waals surface area contributed by atoms with Gasteiger partial charge in [-0.1, -0.05) is 18.2 Å². The number of benzene rings is 1. The summed E-state index contributed by atoms with van der Waals surface area (Å²) in [6.45, 7) is 5.70. The standard InChI is InChI=1S/C21H31N3O2.HI/c1-22-20(24-11-4-9-21(15-24)10-5-12-25-16-21)23-14-17-8-13-26-19-7-3-2-6-18(17)19;/h2-3,6-7,17H,4-5,8-16H2,1H3,(H,22,23);1H. The van der Waals surface area contributed by atoms with Gasteiger partial charge in [0.15, 0.2) is 5.96 Å². The van der Waals surface area contributed by atoms with Crippen LogP contribution in [0.1, 0.15) is 43.6 Å². The minimum absolute atomic E-state index is 0. The summed E-state index contributed by atoms with van der Waals surface area (Å²) < 4.78 is 11.6. The number of likely N-dealkylation sites (tertiary alicyclic amines) is 1. The van der Waals surface area contributed by atoms with E-state index in [0.717, 1.165) is 57.6 Å². The molecular weight excluding hydrogens is 453 g/mol. The molecule has 150 valence electrons. The van der Waals surface area contributed by atoms with Crippen molar-refractivity contribution in [2.45, 2.75) is 38.0 Å². The van der Waals surface area contributed by atoms with Crippen molar-refractivity contribution < 1.29 is 9.47 Å². The molecular formula is C21H32IN3O2. The average molecular weight is 485 g/mol. The van der Waals surface area contributed by atoms with E-state index in [0.29, 0.717) is 11.3 Å². The van der Waals surface area contributed by atoms with Crippen LogP contribution in [0.3, 0.4) is 0 Å². The lowest BCUT2D eigenvalue weighted by Crippen LogP contribution is -2.53. The first kappa shape index (κ1) is 20.7. The van der Waals surface area contributed by atoms with Gasteiger partial charge < -0.3 is 19.7 Å². The maximum Gasteiger partial charge on any atom is 0.193 e. The number of halogens is 1. The zero-order chi connectivity index (χ0) is 17.8. The number of hydrogen-bond acceptors (Lipinski definition) is 3. The van der Waals surface area contributed by atoms with Crippen LogP contribution in [-0.4, -0.2) is 57.4 Å². The van der Waals surface area contributed by atoms with Crippen LogP contribution in [0.25, 0.3) is 0 Å². The molecule has 3 aliphatic rings. The molecule has 1 aromatic rings. The van der Waals surface area contributed by atoms with Gasteiger partial charge in [-0.25, -0.2) is 0 Å². The third-order valence-corrected chi connectivity index (χ3v) is 6.17. The first-order valence-electron chi connectivity index (χ1n) is 10.0. The third-order valence-electron chi connectivity index (χ3n) is 6.17. The fourth-order valence-electron chi connectivity index (χ4n) is 4.80. The third kappa shape index (κ3) is 4.70. The van der Waals surface area contributed by atoms with Crippen molar-refractivity contribution in [3.8, 4) is 5.75 Å². The van der Waals surface area contributed by atoms with Gasteiger partial charge in [0.25, 0.3) is 0 Å². The zero-order valence-electron chi connectivity index (χ0n) is 16.3. The van der Waals surface area contributed by atoms with Gasteiger partial charge in [-0.2, -0.15) is 0 Å². The number of rotatable bonds is 2. The van der Waals surface area contributed by atoms with E-state index in [1.165, 1.54) is 31.2 Å². The molecule has 3 heterocycles. The fraction of sp³-hybridized carbons (Fsp3) is 0.667. The van der Waals surface area contributed by atoms with Crippen molar-refractivity contribution >= 4 is 29.9 Å². The molecule has 6 heteroatoms. The van der Waals surface area contributed by atoms with E-state index in [-0.39, 0.29) is 24.0 Å². The molecule has 0 aliphatic carbocycles. The van der Waals surface area contributed by atoms with E-state index >= 15 is 0 Å². The summed E-state index contributed by atoms with van der Waals surface area (Å²) in [6, 6.07) is 8.42. The maximum absolute atomic E-state index is 5.82. The Balaban J connectivity index is 0.00000210. The highest BCUT2D eigenvalue weighted by atomic mass is 127. The Kier molecular flexibility index (Phi) is 7.25. The van der Waals surface area contributed by atoms with Gasteiger partial charge in [0.2, 0.25) is 0 Å². The van der Waals surface area contributed by atoms with E-state index in [1.807, 2.05) is 13.1 Å². The Hall–Kier alpha value is -1.02. The number of nitrogens with zero attached hydrogens (tertiary/aromatic N) is 2. The van der Waals surface area contributed by atoms with Crippen molar-refractivity contribution in [3.63, 3.8) is 0 Å². The summed E-state index contributed by atoms with van der Waals surface area (Å²) in [7, 11) is 1.90. The molecule has 1 aromatic carbocycles. The summed E-state index contributed by atoms with van der Waals surface area (Å²) in [5.74, 6) is 2.56. The fourth-order valence-corrected chi connectivity index (χ4v) is 4.80. The van der Waals surface area contributed by atoms with Crippen molar-refractivity contribution in [1.82, 2.24) is 10.2 Å². The highest BCUT2D eigenvalue weighted by molar-refractivity contribution is 14.0. The van der Waals surface area contributed by atoms with Gasteiger partial charge in [-0.3, -0.25) is 4.99 Å². The SMILES string of the molecule is CN=C(NCC1CCOc2ccccc21)N1CCCC2(CCCOC2)C1.I. The van der Waals surface area contributed by atoms with Crippen LogP contribution in [0.5, 0.6) is 5.75 Å². The van der Waals surface area contributed by atoms with Crippen LogP contribution < -0.4 is 10.1 Å². The highest BCUT2D eigenvalue weighted by Crippen LogP contribution is 2.37. The molecule has 1 spiro atoms. The monoisotopic (exact) mass is 485 g/mol. The number of guanidine groups is 1. The van der Waals surface area contributed by atoms with Gasteiger partial charge in [-0.05, 0) is 43.7 Å². The second-order valence-electron chi connectivity index (χ2n) is 7.98. The molecule has 2 saturated heterocycles. The Bertz CT molecular complexity index is 641. The van der Waals surface area contributed by atoms with Gasteiger partial charge in [-0.15, -0.1) is 24.0 Å². The smallest absolute Gasteiger partial charge is 0.193 e. The van der Waals surface area contributed by atoms with Crippen molar-refractivity contribution in [2.75, 3.05) is 46.5 Å². The second-order valence-corrected chi connectivity index (χ2v) is 7.98. The summed E-state index contributed by atoms with van der Waals surface area (Å²) in [5, 5.41) is 3.65. The van der Waals surface area contributed by atoms with E-state index in [4.69, 9.17) is 9.47 Å². The number of hydrogen-bond donors (Lipinski definition) is 1. The molecule has 0 saturated carbocycles. The molecule has 4 rings (SSSR count). The molecule has 2 fully saturated rings. The maximum atomic E-state index is 5.82.